The molecule has 0 atom stereocenters. The maximum absolute atomic E-state index is 10.0. The monoisotopic (exact) mass is 118 g/mol. The lowest BCUT2D eigenvalue weighted by molar-refractivity contribution is -0.137. The number of cyclic esters (lactones) is 1. The van der Waals surface area contributed by atoms with Crippen LogP contribution in [0.25, 0.3) is 0 Å². The van der Waals surface area contributed by atoms with Gasteiger partial charge < -0.3 is 9.84 Å². The zero-order valence-corrected chi connectivity index (χ0v) is 4.89. The molecule has 1 heterocycles. The van der Waals surface area contributed by atoms with Crippen molar-refractivity contribution in [2.24, 2.45) is 0 Å². The van der Waals surface area contributed by atoms with Crippen LogP contribution in [0.15, 0.2) is 0 Å². The summed E-state index contributed by atoms with van der Waals surface area (Å²) in [6.07, 6.45) is 1.54. The van der Waals surface area contributed by atoms with Crippen molar-refractivity contribution in [3.63, 3.8) is 0 Å². The molecule has 0 unspecified atom stereocenters. The van der Waals surface area contributed by atoms with E-state index < -0.39 is 0 Å². The van der Waals surface area contributed by atoms with Crippen molar-refractivity contribution < 1.29 is 14.6 Å². The van der Waals surface area contributed by atoms with Gasteiger partial charge in [-0.05, 0) is 6.42 Å². The Hall–Kier alpha value is -0.570. The molecule has 0 aromatic heterocycles. The average Bonchev–Trinajstić information content (AvgIpc) is 2.24. The van der Waals surface area contributed by atoms with Gasteiger partial charge in [0.15, 0.2) is 0 Å². The van der Waals surface area contributed by atoms with E-state index in [0.717, 1.165) is 13.5 Å². The molecule has 0 bridgehead atoms. The summed E-state index contributed by atoms with van der Waals surface area (Å²) in [5.74, 6) is -0.0463. The molecule has 3 heteroatoms. The van der Waals surface area contributed by atoms with Gasteiger partial charge >= 0.3 is 5.97 Å². The molecular formula is C5H10O3. The van der Waals surface area contributed by atoms with Crippen LogP contribution in [0.3, 0.4) is 0 Å². The highest BCUT2D eigenvalue weighted by atomic mass is 16.5. The second kappa shape index (κ2) is 4.59. The van der Waals surface area contributed by atoms with Crippen molar-refractivity contribution in [3.05, 3.63) is 0 Å². The summed E-state index contributed by atoms with van der Waals surface area (Å²) in [4.78, 5) is 10.0. The van der Waals surface area contributed by atoms with Gasteiger partial charge in [-0.1, -0.05) is 0 Å². The number of aliphatic hydroxyl groups is 1. The first kappa shape index (κ1) is 7.43. The van der Waals surface area contributed by atoms with Crippen LogP contribution in [0.1, 0.15) is 12.8 Å². The fraction of sp³-hybridized carbons (Fsp3) is 0.800. The molecule has 0 aromatic rings. The molecular weight excluding hydrogens is 108 g/mol. The van der Waals surface area contributed by atoms with Crippen LogP contribution in [-0.4, -0.2) is 24.8 Å². The van der Waals surface area contributed by atoms with Crippen molar-refractivity contribution >= 4 is 5.97 Å². The fourth-order valence-corrected chi connectivity index (χ4v) is 0.475. The third kappa shape index (κ3) is 2.58. The van der Waals surface area contributed by atoms with E-state index in [9.17, 15) is 4.79 Å². The number of carbonyl (C=O) groups excluding carboxylic acids is 1. The lowest BCUT2D eigenvalue weighted by Gasteiger charge is -1.81. The van der Waals surface area contributed by atoms with Crippen LogP contribution in [0, 0.1) is 0 Å². The normalized spacial score (nSPS) is 16.5. The van der Waals surface area contributed by atoms with Gasteiger partial charge in [-0.2, -0.15) is 0 Å². The van der Waals surface area contributed by atoms with E-state index >= 15 is 0 Å². The first-order chi connectivity index (χ1) is 3.89. The standard InChI is InChI=1S/C4H6O2.CH4O/c5-4-2-1-3-6-4;1-2/h1-3H2;2H,1H3. The zero-order chi connectivity index (χ0) is 6.41. The Morgan fingerprint density at radius 1 is 1.62 bits per heavy atom. The minimum atomic E-state index is -0.0463. The van der Waals surface area contributed by atoms with Crippen molar-refractivity contribution in [2.75, 3.05) is 13.7 Å². The molecule has 1 aliphatic heterocycles. The predicted molar refractivity (Wildman–Crippen MR) is 28.3 cm³/mol. The highest BCUT2D eigenvalue weighted by molar-refractivity contribution is 5.70. The van der Waals surface area contributed by atoms with E-state index in [-0.39, 0.29) is 5.97 Å². The van der Waals surface area contributed by atoms with E-state index in [1.165, 1.54) is 0 Å². The molecule has 0 radical (unpaired) electrons. The van der Waals surface area contributed by atoms with E-state index in [2.05, 4.69) is 4.74 Å². The third-order valence-electron chi connectivity index (χ3n) is 0.788. The number of hydrogen-bond acceptors (Lipinski definition) is 3. The molecule has 1 N–H and O–H groups in total. The maximum atomic E-state index is 10.0. The molecule has 1 aliphatic rings. The average molecular weight is 118 g/mol. The second-order valence-electron chi connectivity index (χ2n) is 1.32. The van der Waals surface area contributed by atoms with Crippen LogP contribution in [0.4, 0.5) is 0 Å². The molecule has 0 aliphatic carbocycles. The summed E-state index contributed by atoms with van der Waals surface area (Å²) in [6.45, 7) is 0.638. The van der Waals surface area contributed by atoms with E-state index in [0.29, 0.717) is 13.0 Å². The van der Waals surface area contributed by atoms with Gasteiger partial charge in [0.05, 0.1) is 6.61 Å². The molecule has 3 nitrogen and oxygen atoms in total. The van der Waals surface area contributed by atoms with Crippen molar-refractivity contribution in [1.82, 2.24) is 0 Å². The molecule has 0 aromatic carbocycles. The fourth-order valence-electron chi connectivity index (χ4n) is 0.475. The lowest BCUT2D eigenvalue weighted by Crippen LogP contribution is -1.88. The Morgan fingerprint density at radius 2 is 2.25 bits per heavy atom. The van der Waals surface area contributed by atoms with Gasteiger partial charge in [-0.25, -0.2) is 0 Å². The largest absolute Gasteiger partial charge is 0.466 e. The quantitative estimate of drug-likeness (QED) is 0.453. The van der Waals surface area contributed by atoms with E-state index in [1.807, 2.05) is 0 Å². The van der Waals surface area contributed by atoms with Gasteiger partial charge in [0, 0.05) is 13.5 Å². The van der Waals surface area contributed by atoms with Crippen molar-refractivity contribution in [1.29, 1.82) is 0 Å². The summed E-state index contributed by atoms with van der Waals surface area (Å²) < 4.78 is 4.51. The molecule has 1 rings (SSSR count). The van der Waals surface area contributed by atoms with Crippen LogP contribution in [0.5, 0.6) is 0 Å². The minimum absolute atomic E-state index is 0.0463. The van der Waals surface area contributed by atoms with Gasteiger partial charge in [0.1, 0.15) is 0 Å². The molecule has 0 amide bonds. The topological polar surface area (TPSA) is 46.5 Å². The summed E-state index contributed by atoms with van der Waals surface area (Å²) in [6, 6.07) is 0. The number of aliphatic hydroxyl groups excluding tert-OH is 1. The summed E-state index contributed by atoms with van der Waals surface area (Å²) in [5.41, 5.74) is 0. The van der Waals surface area contributed by atoms with Crippen LogP contribution in [-0.2, 0) is 9.53 Å². The van der Waals surface area contributed by atoms with Gasteiger partial charge in [-0.3, -0.25) is 4.79 Å². The van der Waals surface area contributed by atoms with Crippen molar-refractivity contribution in [2.45, 2.75) is 12.8 Å². The summed E-state index contributed by atoms with van der Waals surface area (Å²) >= 11 is 0. The Bertz CT molecular complexity index is 62.1. The SMILES string of the molecule is CO.O=C1CCCO1. The minimum Gasteiger partial charge on any atom is -0.466 e. The number of hydrogen-bond donors (Lipinski definition) is 1. The smallest absolute Gasteiger partial charge is 0.305 e. The molecule has 8 heavy (non-hydrogen) atoms. The van der Waals surface area contributed by atoms with Crippen LogP contribution < -0.4 is 0 Å². The predicted octanol–water partition coefficient (Wildman–Crippen LogP) is -0.0681. The highest BCUT2D eigenvalue weighted by Crippen LogP contribution is 2.01. The lowest BCUT2D eigenvalue weighted by atomic mass is 10.4. The third-order valence-corrected chi connectivity index (χ3v) is 0.788. The van der Waals surface area contributed by atoms with Crippen LogP contribution in [0.2, 0.25) is 0 Å². The molecule has 1 saturated heterocycles. The van der Waals surface area contributed by atoms with Crippen LogP contribution >= 0.6 is 0 Å². The Kier molecular flexibility index (Phi) is 4.26. The molecule has 0 saturated carbocycles. The van der Waals surface area contributed by atoms with Gasteiger partial charge in [0.2, 0.25) is 0 Å². The first-order valence-electron chi connectivity index (χ1n) is 2.50. The van der Waals surface area contributed by atoms with Gasteiger partial charge in [-0.15, -0.1) is 0 Å². The van der Waals surface area contributed by atoms with Gasteiger partial charge in [0.25, 0.3) is 0 Å². The number of ether oxygens (including phenoxy) is 1. The summed E-state index contributed by atoms with van der Waals surface area (Å²) in [7, 11) is 1.00. The van der Waals surface area contributed by atoms with E-state index in [1.54, 1.807) is 0 Å². The van der Waals surface area contributed by atoms with Crippen molar-refractivity contribution in [3.8, 4) is 0 Å². The van der Waals surface area contributed by atoms with E-state index in [4.69, 9.17) is 5.11 Å². The summed E-state index contributed by atoms with van der Waals surface area (Å²) in [5, 5.41) is 7.00. The number of carbonyl (C=O) groups is 1. The zero-order valence-electron chi connectivity index (χ0n) is 4.89. The number of rotatable bonds is 0. The molecule has 48 valence electrons. The maximum Gasteiger partial charge on any atom is 0.305 e. The Balaban J connectivity index is 0.000000222. The Morgan fingerprint density at radius 3 is 2.38 bits per heavy atom. The highest BCUT2D eigenvalue weighted by Gasteiger charge is 2.08. The molecule has 0 spiro atoms. The number of esters is 1. The first-order valence-corrected chi connectivity index (χ1v) is 2.50. The second-order valence-corrected chi connectivity index (χ2v) is 1.32. The molecule has 1 fully saturated rings. The Labute approximate surface area is 48.3 Å².